The molecule has 2 aromatic heterocycles. The molecule has 0 unspecified atom stereocenters. The van der Waals surface area contributed by atoms with Gasteiger partial charge in [-0.15, -0.1) is 0 Å². The Kier molecular flexibility index (Phi) is 5.05. The van der Waals surface area contributed by atoms with E-state index in [-0.39, 0.29) is 12.5 Å². The van der Waals surface area contributed by atoms with Gasteiger partial charge < -0.3 is 14.2 Å². The Morgan fingerprint density at radius 3 is 2.53 bits per heavy atom. The fraction of sp³-hybridized carbons (Fsp3) is 0.231. The minimum absolute atomic E-state index is 0.0176. The quantitative estimate of drug-likeness (QED) is 0.472. The van der Waals surface area contributed by atoms with Crippen molar-refractivity contribution in [2.75, 3.05) is 6.61 Å². The van der Waals surface area contributed by atoms with E-state index in [9.17, 15) is 4.79 Å². The molecular weight excluding hydrogens is 400 g/mol. The van der Waals surface area contributed by atoms with Gasteiger partial charge >= 0.3 is 0 Å². The summed E-state index contributed by atoms with van der Waals surface area (Å²) in [6.45, 7) is 7.24. The highest BCUT2D eigenvalue weighted by molar-refractivity contribution is 5.78. The van der Waals surface area contributed by atoms with Crippen molar-refractivity contribution in [3.8, 4) is 17.3 Å². The first-order valence-corrected chi connectivity index (χ1v) is 10.8. The summed E-state index contributed by atoms with van der Waals surface area (Å²) in [5.74, 6) is 1.65. The smallest absolute Gasteiger partial charge is 0.261 e. The van der Waals surface area contributed by atoms with Gasteiger partial charge in [0.2, 0.25) is 0 Å². The van der Waals surface area contributed by atoms with Gasteiger partial charge in [0.1, 0.15) is 11.6 Å². The molecule has 0 saturated heterocycles. The second kappa shape index (κ2) is 8.04. The van der Waals surface area contributed by atoms with E-state index in [1.807, 2.05) is 65.3 Å². The zero-order valence-electron chi connectivity index (χ0n) is 18.6. The largest absolute Gasteiger partial charge is 0.484 e. The molecule has 0 bridgehead atoms. The number of carbonyl (C=O) groups excluding carboxylic acids is 1. The first-order valence-electron chi connectivity index (χ1n) is 10.8. The summed E-state index contributed by atoms with van der Waals surface area (Å²) in [5.41, 5.74) is 6.60. The van der Waals surface area contributed by atoms with E-state index >= 15 is 0 Å². The van der Waals surface area contributed by atoms with Crippen LogP contribution in [0.4, 0.5) is 0 Å². The van der Waals surface area contributed by atoms with Crippen molar-refractivity contribution in [1.82, 2.24) is 19.2 Å². The van der Waals surface area contributed by atoms with Gasteiger partial charge in [-0.05, 0) is 73.9 Å². The summed E-state index contributed by atoms with van der Waals surface area (Å²) >= 11 is 0. The van der Waals surface area contributed by atoms with Gasteiger partial charge in [0.25, 0.3) is 5.91 Å². The number of aryl methyl sites for hydroxylation is 3. The summed E-state index contributed by atoms with van der Waals surface area (Å²) in [4.78, 5) is 14.7. The van der Waals surface area contributed by atoms with E-state index in [1.165, 1.54) is 11.1 Å². The molecule has 4 aromatic rings. The maximum Gasteiger partial charge on any atom is 0.261 e. The molecule has 0 saturated carbocycles. The molecule has 2 aromatic carbocycles. The van der Waals surface area contributed by atoms with E-state index < -0.39 is 0 Å². The SMILES string of the molecule is Cc1cccc(OCC(=O)N2Cc3nn(-c4ccc(C)c(C)c4)c(-n4cccc4)c3C2)c1. The normalized spacial score (nSPS) is 12.8. The fourth-order valence-electron chi connectivity index (χ4n) is 4.10. The summed E-state index contributed by atoms with van der Waals surface area (Å²) in [5, 5.41) is 4.91. The molecule has 6 nitrogen and oxygen atoms in total. The van der Waals surface area contributed by atoms with E-state index in [0.717, 1.165) is 28.3 Å². The molecule has 0 N–H and O–H groups in total. The van der Waals surface area contributed by atoms with Crippen LogP contribution in [0, 0.1) is 20.8 Å². The molecule has 1 amide bonds. The zero-order chi connectivity index (χ0) is 22.2. The third-order valence-electron chi connectivity index (χ3n) is 6.02. The second-order valence-corrected chi connectivity index (χ2v) is 8.37. The Morgan fingerprint density at radius 2 is 1.78 bits per heavy atom. The third-order valence-corrected chi connectivity index (χ3v) is 6.02. The van der Waals surface area contributed by atoms with Gasteiger partial charge in [-0.3, -0.25) is 4.79 Å². The number of rotatable bonds is 5. The highest BCUT2D eigenvalue weighted by atomic mass is 16.5. The van der Waals surface area contributed by atoms with Gasteiger partial charge in [-0.2, -0.15) is 5.10 Å². The maximum atomic E-state index is 12.9. The van der Waals surface area contributed by atoms with Crippen LogP contribution < -0.4 is 4.74 Å². The van der Waals surface area contributed by atoms with Crippen molar-refractivity contribution < 1.29 is 9.53 Å². The average Bonchev–Trinajstić information content (AvgIpc) is 3.50. The molecule has 162 valence electrons. The highest BCUT2D eigenvalue weighted by Gasteiger charge is 2.31. The second-order valence-electron chi connectivity index (χ2n) is 8.37. The molecule has 0 radical (unpaired) electrons. The third kappa shape index (κ3) is 3.68. The molecule has 0 atom stereocenters. The Bertz CT molecular complexity index is 1290. The van der Waals surface area contributed by atoms with E-state index in [0.29, 0.717) is 18.8 Å². The minimum atomic E-state index is -0.0410. The molecule has 32 heavy (non-hydrogen) atoms. The van der Waals surface area contributed by atoms with Gasteiger partial charge in [-0.1, -0.05) is 18.2 Å². The number of amides is 1. The standard InChI is InChI=1S/C26H26N4O2/c1-18-7-6-8-22(13-18)32-17-25(31)29-15-23-24(16-29)27-30(26(23)28-11-4-5-12-28)21-10-9-19(2)20(3)14-21/h4-14H,15-17H2,1-3H3. The first kappa shape index (κ1) is 20.1. The fourth-order valence-corrected chi connectivity index (χ4v) is 4.10. The van der Waals surface area contributed by atoms with Crippen molar-refractivity contribution in [3.63, 3.8) is 0 Å². The number of nitrogens with zero attached hydrogens (tertiary/aromatic N) is 4. The zero-order valence-corrected chi connectivity index (χ0v) is 18.6. The Morgan fingerprint density at radius 1 is 0.969 bits per heavy atom. The summed E-state index contributed by atoms with van der Waals surface area (Å²) in [6, 6.07) is 18.1. The number of aromatic nitrogens is 3. The van der Waals surface area contributed by atoms with Crippen LogP contribution in [0.15, 0.2) is 67.0 Å². The number of carbonyl (C=O) groups is 1. The molecule has 1 aliphatic rings. The lowest BCUT2D eigenvalue weighted by Crippen LogP contribution is -2.31. The molecule has 0 aliphatic carbocycles. The van der Waals surface area contributed by atoms with Crippen molar-refractivity contribution in [3.05, 3.63) is 94.9 Å². The predicted molar refractivity (Wildman–Crippen MR) is 123 cm³/mol. The molecule has 6 heteroatoms. The Labute approximate surface area is 187 Å². The Balaban J connectivity index is 1.41. The van der Waals surface area contributed by atoms with Crippen molar-refractivity contribution >= 4 is 5.91 Å². The highest BCUT2D eigenvalue weighted by Crippen LogP contribution is 2.31. The van der Waals surface area contributed by atoms with Crippen molar-refractivity contribution in [1.29, 1.82) is 0 Å². The number of fused-ring (bicyclic) bond motifs is 1. The number of hydrogen-bond acceptors (Lipinski definition) is 3. The topological polar surface area (TPSA) is 52.3 Å². The number of hydrogen-bond donors (Lipinski definition) is 0. The molecule has 0 spiro atoms. The van der Waals surface area contributed by atoms with Crippen LogP contribution in [0.25, 0.3) is 11.5 Å². The summed E-state index contributed by atoms with van der Waals surface area (Å²) in [6.07, 6.45) is 4.03. The monoisotopic (exact) mass is 426 g/mol. The van der Waals surface area contributed by atoms with Gasteiger partial charge in [0, 0.05) is 18.0 Å². The van der Waals surface area contributed by atoms with E-state index in [4.69, 9.17) is 9.84 Å². The Hall–Kier alpha value is -3.80. The molecular formula is C26H26N4O2. The van der Waals surface area contributed by atoms with Gasteiger partial charge in [-0.25, -0.2) is 4.68 Å². The van der Waals surface area contributed by atoms with Crippen LogP contribution >= 0.6 is 0 Å². The summed E-state index contributed by atoms with van der Waals surface area (Å²) < 4.78 is 9.79. The van der Waals surface area contributed by atoms with Gasteiger partial charge in [0.15, 0.2) is 6.61 Å². The van der Waals surface area contributed by atoms with Crippen LogP contribution in [0.5, 0.6) is 5.75 Å². The van der Waals surface area contributed by atoms with E-state index in [2.05, 4.69) is 36.6 Å². The maximum absolute atomic E-state index is 12.9. The predicted octanol–water partition coefficient (Wildman–Crippen LogP) is 4.51. The van der Waals surface area contributed by atoms with Crippen LogP contribution in [-0.2, 0) is 17.9 Å². The average molecular weight is 427 g/mol. The molecule has 1 aliphatic heterocycles. The first-order chi connectivity index (χ1) is 15.5. The molecule has 5 rings (SSSR count). The summed E-state index contributed by atoms with van der Waals surface area (Å²) in [7, 11) is 0. The van der Waals surface area contributed by atoms with Crippen LogP contribution in [-0.4, -0.2) is 31.8 Å². The number of benzene rings is 2. The van der Waals surface area contributed by atoms with E-state index in [1.54, 1.807) is 0 Å². The van der Waals surface area contributed by atoms with Crippen LogP contribution in [0.3, 0.4) is 0 Å². The minimum Gasteiger partial charge on any atom is -0.484 e. The van der Waals surface area contributed by atoms with Gasteiger partial charge in [0.05, 0.1) is 24.5 Å². The lowest BCUT2D eigenvalue weighted by molar-refractivity contribution is -0.134. The van der Waals surface area contributed by atoms with Crippen molar-refractivity contribution in [2.45, 2.75) is 33.9 Å². The lowest BCUT2D eigenvalue weighted by Gasteiger charge is -2.18. The molecule has 3 heterocycles. The molecule has 0 fully saturated rings. The van der Waals surface area contributed by atoms with Crippen LogP contribution in [0.2, 0.25) is 0 Å². The van der Waals surface area contributed by atoms with Crippen molar-refractivity contribution in [2.24, 2.45) is 0 Å². The lowest BCUT2D eigenvalue weighted by atomic mass is 10.1. The van der Waals surface area contributed by atoms with Crippen LogP contribution in [0.1, 0.15) is 27.9 Å². The number of ether oxygens (including phenoxy) is 1.